The van der Waals surface area contributed by atoms with Crippen molar-refractivity contribution in [1.29, 1.82) is 0 Å². The summed E-state index contributed by atoms with van der Waals surface area (Å²) in [6.07, 6.45) is -0.609. The highest BCUT2D eigenvalue weighted by Crippen LogP contribution is 2.25. The Labute approximate surface area is 117 Å². The molecule has 104 valence electrons. The fourth-order valence-electron chi connectivity index (χ4n) is 1.40. The molecule has 5 heteroatoms. The lowest BCUT2D eigenvalue weighted by atomic mass is 10.1. The van der Waals surface area contributed by atoms with Crippen molar-refractivity contribution in [2.45, 2.75) is 26.4 Å². The van der Waals surface area contributed by atoms with Gasteiger partial charge in [-0.3, -0.25) is 5.32 Å². The van der Waals surface area contributed by atoms with Crippen molar-refractivity contribution < 1.29 is 13.9 Å². The number of anilines is 1. The van der Waals surface area contributed by atoms with Gasteiger partial charge in [-0.2, -0.15) is 0 Å². The minimum absolute atomic E-state index is 0.145. The van der Waals surface area contributed by atoms with Gasteiger partial charge in [0.1, 0.15) is 11.4 Å². The third kappa shape index (κ3) is 4.91. The molecule has 0 aliphatic rings. The van der Waals surface area contributed by atoms with E-state index >= 15 is 0 Å². The van der Waals surface area contributed by atoms with Crippen LogP contribution in [0.4, 0.5) is 14.9 Å². The number of amides is 1. The van der Waals surface area contributed by atoms with E-state index in [9.17, 15) is 9.18 Å². The normalized spacial score (nSPS) is 11.0. The van der Waals surface area contributed by atoms with Crippen molar-refractivity contribution >= 4 is 29.0 Å². The SMILES string of the molecule is C=C(CCl)c1cc(F)ccc1NC(=O)OC(C)(C)C. The van der Waals surface area contributed by atoms with Crippen LogP contribution in [0.2, 0.25) is 0 Å². The standard InChI is InChI=1S/C14H17ClFNO2/c1-9(8-15)11-7-10(16)5-6-12(11)17-13(18)19-14(2,3)4/h5-7H,1,8H2,2-4H3,(H,17,18). The summed E-state index contributed by atoms with van der Waals surface area (Å²) in [6, 6.07) is 3.97. The Morgan fingerprint density at radius 1 is 1.47 bits per heavy atom. The molecule has 1 rings (SSSR count). The van der Waals surface area contributed by atoms with Crippen LogP contribution in [-0.2, 0) is 4.74 Å². The molecule has 19 heavy (non-hydrogen) atoms. The predicted molar refractivity (Wildman–Crippen MR) is 76.0 cm³/mol. The first kappa shape index (κ1) is 15.5. The van der Waals surface area contributed by atoms with Gasteiger partial charge >= 0.3 is 6.09 Å². The highest BCUT2D eigenvalue weighted by Gasteiger charge is 2.17. The monoisotopic (exact) mass is 285 g/mol. The molecule has 0 heterocycles. The molecule has 3 nitrogen and oxygen atoms in total. The summed E-state index contributed by atoms with van der Waals surface area (Å²) in [7, 11) is 0. The number of benzene rings is 1. The van der Waals surface area contributed by atoms with Gasteiger partial charge in [0, 0.05) is 11.4 Å². The number of hydrogen-bond acceptors (Lipinski definition) is 2. The molecule has 0 unspecified atom stereocenters. The number of carbonyl (C=O) groups is 1. The molecular formula is C14H17ClFNO2. The number of alkyl halides is 1. The van der Waals surface area contributed by atoms with Crippen LogP contribution in [-0.4, -0.2) is 17.6 Å². The fraction of sp³-hybridized carbons (Fsp3) is 0.357. The van der Waals surface area contributed by atoms with Crippen LogP contribution in [0, 0.1) is 5.82 Å². The van der Waals surface area contributed by atoms with Gasteiger partial charge < -0.3 is 4.74 Å². The van der Waals surface area contributed by atoms with E-state index in [-0.39, 0.29) is 5.88 Å². The Morgan fingerprint density at radius 2 is 2.11 bits per heavy atom. The second-order valence-electron chi connectivity index (χ2n) is 5.05. The topological polar surface area (TPSA) is 38.3 Å². The number of allylic oxidation sites excluding steroid dienone is 1. The summed E-state index contributed by atoms with van der Waals surface area (Å²) in [5.41, 5.74) is 0.794. The average molecular weight is 286 g/mol. The molecule has 0 atom stereocenters. The van der Waals surface area contributed by atoms with Crippen LogP contribution in [0.5, 0.6) is 0 Å². The first-order valence-electron chi connectivity index (χ1n) is 5.76. The Bertz CT molecular complexity index is 495. The Kier molecular flexibility index (Phi) is 4.95. The zero-order chi connectivity index (χ0) is 14.6. The van der Waals surface area contributed by atoms with E-state index in [0.29, 0.717) is 16.8 Å². The first-order chi connectivity index (χ1) is 8.73. The molecule has 1 aromatic carbocycles. The quantitative estimate of drug-likeness (QED) is 0.835. The summed E-state index contributed by atoms with van der Waals surface area (Å²) in [5, 5.41) is 2.56. The Balaban J connectivity index is 2.95. The first-order valence-corrected chi connectivity index (χ1v) is 6.30. The molecule has 0 bridgehead atoms. The van der Waals surface area contributed by atoms with Crippen molar-refractivity contribution in [2.75, 3.05) is 11.2 Å². The summed E-state index contributed by atoms with van der Waals surface area (Å²) in [5.74, 6) is -0.275. The van der Waals surface area contributed by atoms with E-state index in [1.165, 1.54) is 18.2 Å². The van der Waals surface area contributed by atoms with Gasteiger partial charge in [-0.1, -0.05) is 6.58 Å². The van der Waals surface area contributed by atoms with E-state index in [4.69, 9.17) is 16.3 Å². The zero-order valence-electron chi connectivity index (χ0n) is 11.2. The maximum absolute atomic E-state index is 13.2. The summed E-state index contributed by atoms with van der Waals surface area (Å²) in [4.78, 5) is 11.7. The van der Waals surface area contributed by atoms with E-state index in [0.717, 1.165) is 0 Å². The molecule has 1 aromatic rings. The lowest BCUT2D eigenvalue weighted by Crippen LogP contribution is -2.27. The van der Waals surface area contributed by atoms with Gasteiger partial charge in [-0.05, 0) is 44.5 Å². The summed E-state index contributed by atoms with van der Waals surface area (Å²) in [6.45, 7) is 9.02. The summed E-state index contributed by atoms with van der Waals surface area (Å²) >= 11 is 5.69. The Hall–Kier alpha value is -1.55. The highest BCUT2D eigenvalue weighted by atomic mass is 35.5. The third-order valence-electron chi connectivity index (χ3n) is 2.16. The number of nitrogens with one attached hydrogen (secondary N) is 1. The van der Waals surface area contributed by atoms with Gasteiger partial charge in [0.15, 0.2) is 0 Å². The van der Waals surface area contributed by atoms with Crippen LogP contribution in [0.15, 0.2) is 24.8 Å². The number of ether oxygens (including phenoxy) is 1. The molecule has 0 fully saturated rings. The van der Waals surface area contributed by atoms with Crippen LogP contribution in [0.3, 0.4) is 0 Å². The number of carbonyl (C=O) groups excluding carboxylic acids is 1. The molecule has 0 radical (unpaired) electrons. The second kappa shape index (κ2) is 6.06. The third-order valence-corrected chi connectivity index (χ3v) is 2.48. The Morgan fingerprint density at radius 3 is 2.63 bits per heavy atom. The van der Waals surface area contributed by atoms with Crippen LogP contribution in [0.25, 0.3) is 5.57 Å². The maximum Gasteiger partial charge on any atom is 0.412 e. The minimum atomic E-state index is -0.609. The van der Waals surface area contributed by atoms with E-state index in [1.807, 2.05) is 0 Å². The van der Waals surface area contributed by atoms with Crippen LogP contribution >= 0.6 is 11.6 Å². The van der Waals surface area contributed by atoms with Crippen LogP contribution in [0.1, 0.15) is 26.3 Å². The van der Waals surface area contributed by atoms with Crippen LogP contribution < -0.4 is 5.32 Å². The number of halogens is 2. The lowest BCUT2D eigenvalue weighted by Gasteiger charge is -2.20. The molecule has 0 aliphatic carbocycles. The fourth-order valence-corrected chi connectivity index (χ4v) is 1.55. The molecule has 0 spiro atoms. The molecule has 0 saturated heterocycles. The average Bonchev–Trinajstić information content (AvgIpc) is 2.28. The van der Waals surface area contributed by atoms with Gasteiger partial charge in [0.05, 0.1) is 5.69 Å². The van der Waals surface area contributed by atoms with E-state index in [2.05, 4.69) is 11.9 Å². The lowest BCUT2D eigenvalue weighted by molar-refractivity contribution is 0.0636. The largest absolute Gasteiger partial charge is 0.444 e. The second-order valence-corrected chi connectivity index (χ2v) is 5.32. The molecule has 0 aliphatic heterocycles. The van der Waals surface area contributed by atoms with E-state index in [1.54, 1.807) is 20.8 Å². The number of rotatable bonds is 3. The maximum atomic E-state index is 13.2. The predicted octanol–water partition coefficient (Wildman–Crippen LogP) is 4.42. The van der Waals surface area contributed by atoms with Crippen molar-refractivity contribution in [3.63, 3.8) is 0 Å². The van der Waals surface area contributed by atoms with Gasteiger partial charge in [0.2, 0.25) is 0 Å². The molecule has 1 N–H and O–H groups in total. The smallest absolute Gasteiger partial charge is 0.412 e. The van der Waals surface area contributed by atoms with Gasteiger partial charge in [-0.15, -0.1) is 11.6 Å². The molecular weight excluding hydrogens is 269 g/mol. The van der Waals surface area contributed by atoms with Gasteiger partial charge in [0.25, 0.3) is 0 Å². The van der Waals surface area contributed by atoms with Crippen molar-refractivity contribution in [1.82, 2.24) is 0 Å². The van der Waals surface area contributed by atoms with E-state index < -0.39 is 17.5 Å². The number of hydrogen-bond donors (Lipinski definition) is 1. The zero-order valence-corrected chi connectivity index (χ0v) is 12.0. The van der Waals surface area contributed by atoms with Crippen molar-refractivity contribution in [3.8, 4) is 0 Å². The summed E-state index contributed by atoms with van der Waals surface area (Å²) < 4.78 is 18.4. The van der Waals surface area contributed by atoms with Gasteiger partial charge in [-0.25, -0.2) is 9.18 Å². The van der Waals surface area contributed by atoms with Crippen molar-refractivity contribution in [2.24, 2.45) is 0 Å². The molecule has 0 saturated carbocycles. The van der Waals surface area contributed by atoms with Crippen molar-refractivity contribution in [3.05, 3.63) is 36.2 Å². The molecule has 0 aromatic heterocycles. The molecule has 1 amide bonds. The highest BCUT2D eigenvalue weighted by molar-refractivity contribution is 6.23. The minimum Gasteiger partial charge on any atom is -0.444 e.